The summed E-state index contributed by atoms with van der Waals surface area (Å²) in [6.07, 6.45) is 6.65. The molecule has 2 heterocycles. The molecule has 122 valence electrons. The van der Waals surface area contributed by atoms with Crippen LogP contribution in [0.2, 0.25) is 0 Å². The zero-order valence-electron chi connectivity index (χ0n) is 11.3. The van der Waals surface area contributed by atoms with E-state index in [1.165, 1.54) is 0 Å². The van der Waals surface area contributed by atoms with E-state index < -0.39 is 15.6 Å². The lowest BCUT2D eigenvalue weighted by Gasteiger charge is -2.00. The van der Waals surface area contributed by atoms with Gasteiger partial charge in [0.2, 0.25) is 0 Å². The molecule has 22 heavy (non-hydrogen) atoms. The summed E-state index contributed by atoms with van der Waals surface area (Å²) in [5.41, 5.74) is -5.53. The molecule has 0 aliphatic carbocycles. The maximum Gasteiger partial charge on any atom is 0.522 e. The van der Waals surface area contributed by atoms with Gasteiger partial charge in [0.25, 0.3) is 5.78 Å². The summed E-state index contributed by atoms with van der Waals surface area (Å²) >= 11 is 0. The molecule has 0 saturated heterocycles. The average Bonchev–Trinajstić information content (AvgIpc) is 2.95. The van der Waals surface area contributed by atoms with Crippen LogP contribution in [0.4, 0.5) is 13.2 Å². The summed E-state index contributed by atoms with van der Waals surface area (Å²) in [6, 6.07) is 0. The highest BCUT2D eigenvalue weighted by molar-refractivity contribution is 7.86. The molecule has 0 aliphatic rings. The molecular weight excluding hydrogens is 329 g/mol. The molecule has 0 atom stereocenters. The van der Waals surface area contributed by atoms with Gasteiger partial charge in [0, 0.05) is 38.9 Å². The summed E-state index contributed by atoms with van der Waals surface area (Å²) in [7, 11) is -2.28. The Morgan fingerprint density at radius 3 is 1.59 bits per heavy atom. The van der Waals surface area contributed by atoms with Gasteiger partial charge in [0.1, 0.15) is 0 Å². The fourth-order valence-electron chi connectivity index (χ4n) is 1.27. The standard InChI is InChI=1S/C9H10N4O.CHF3O3S/c1-12-5-3-10-8(12)7(14)9-11-4-6-13(9)2;2-1(3,4)8(5,6)7/h3-6H,1-2H3;(H,5,6,7). The summed E-state index contributed by atoms with van der Waals surface area (Å²) in [5.74, 6) is 0.642. The Balaban J connectivity index is 0.000000261. The number of ketones is 1. The fraction of sp³-hybridized carbons (Fsp3) is 0.300. The molecule has 12 heteroatoms. The number of nitrogens with zero attached hydrogens (tertiary/aromatic N) is 4. The Morgan fingerprint density at radius 1 is 1.09 bits per heavy atom. The van der Waals surface area contributed by atoms with Crippen molar-refractivity contribution in [2.75, 3.05) is 0 Å². The van der Waals surface area contributed by atoms with Crippen molar-refractivity contribution < 1.29 is 30.9 Å². The predicted molar refractivity (Wildman–Crippen MR) is 67.5 cm³/mol. The van der Waals surface area contributed by atoms with Gasteiger partial charge in [-0.25, -0.2) is 9.97 Å². The van der Waals surface area contributed by atoms with Crippen LogP contribution in [-0.4, -0.2) is 43.4 Å². The van der Waals surface area contributed by atoms with Crippen LogP contribution in [0.1, 0.15) is 16.4 Å². The van der Waals surface area contributed by atoms with Crippen molar-refractivity contribution in [3.63, 3.8) is 0 Å². The predicted octanol–water partition coefficient (Wildman–Crippen LogP) is 0.779. The number of aryl methyl sites for hydroxylation is 2. The zero-order valence-corrected chi connectivity index (χ0v) is 12.1. The van der Waals surface area contributed by atoms with Crippen LogP contribution in [0.15, 0.2) is 24.8 Å². The topological polar surface area (TPSA) is 107 Å². The van der Waals surface area contributed by atoms with E-state index in [9.17, 15) is 18.0 Å². The highest BCUT2D eigenvalue weighted by Gasteiger charge is 2.44. The van der Waals surface area contributed by atoms with Crippen molar-refractivity contribution in [2.24, 2.45) is 14.1 Å². The summed E-state index contributed by atoms with van der Waals surface area (Å²) in [5, 5.41) is 0. The molecule has 0 aromatic carbocycles. The number of carbonyl (C=O) groups is 1. The van der Waals surface area contributed by atoms with Crippen molar-refractivity contribution in [3.8, 4) is 0 Å². The number of hydrogen-bond acceptors (Lipinski definition) is 5. The van der Waals surface area contributed by atoms with E-state index in [4.69, 9.17) is 13.0 Å². The lowest BCUT2D eigenvalue weighted by molar-refractivity contribution is -0.0510. The molecule has 2 rings (SSSR count). The molecule has 2 aromatic rings. The third kappa shape index (κ3) is 4.14. The Labute approximate surface area is 123 Å². The second kappa shape index (κ2) is 6.27. The average molecular weight is 340 g/mol. The number of hydrogen-bond donors (Lipinski definition) is 1. The van der Waals surface area contributed by atoms with Gasteiger partial charge in [-0.05, 0) is 0 Å². The number of rotatable bonds is 2. The Kier molecular flexibility index (Phi) is 5.09. The van der Waals surface area contributed by atoms with E-state index in [0.29, 0.717) is 11.6 Å². The fourth-order valence-corrected chi connectivity index (χ4v) is 1.27. The zero-order chi connectivity index (χ0) is 17.1. The van der Waals surface area contributed by atoms with E-state index in [0.717, 1.165) is 0 Å². The first-order chi connectivity index (χ1) is 9.95. The van der Waals surface area contributed by atoms with Gasteiger partial charge in [-0.3, -0.25) is 9.35 Å². The SMILES string of the molecule is Cn1ccnc1C(=O)c1nccn1C.O=S(=O)(O)C(F)(F)F. The maximum absolute atomic E-state index is 11.8. The van der Waals surface area contributed by atoms with E-state index in [1.54, 1.807) is 48.0 Å². The number of carbonyl (C=O) groups excluding carboxylic acids is 1. The largest absolute Gasteiger partial charge is 0.522 e. The van der Waals surface area contributed by atoms with Crippen LogP contribution in [0.25, 0.3) is 0 Å². The van der Waals surface area contributed by atoms with Crippen LogP contribution < -0.4 is 0 Å². The number of imidazole rings is 2. The first-order valence-electron chi connectivity index (χ1n) is 5.48. The van der Waals surface area contributed by atoms with Crippen LogP contribution in [-0.2, 0) is 24.2 Å². The van der Waals surface area contributed by atoms with Crippen molar-refractivity contribution in [1.29, 1.82) is 0 Å². The summed E-state index contributed by atoms with van der Waals surface area (Å²) in [4.78, 5) is 19.8. The highest BCUT2D eigenvalue weighted by Crippen LogP contribution is 2.20. The third-order valence-corrected chi connectivity index (χ3v) is 2.93. The smallest absolute Gasteiger partial charge is 0.331 e. The third-order valence-electron chi connectivity index (χ3n) is 2.34. The first-order valence-corrected chi connectivity index (χ1v) is 6.92. The van der Waals surface area contributed by atoms with E-state index >= 15 is 0 Å². The van der Waals surface area contributed by atoms with Gasteiger partial charge < -0.3 is 9.13 Å². The van der Waals surface area contributed by atoms with Gasteiger partial charge >= 0.3 is 15.6 Å². The van der Waals surface area contributed by atoms with E-state index in [2.05, 4.69) is 9.97 Å². The molecule has 8 nitrogen and oxygen atoms in total. The minimum Gasteiger partial charge on any atom is -0.331 e. The summed E-state index contributed by atoms with van der Waals surface area (Å²) < 4.78 is 60.9. The molecule has 0 radical (unpaired) electrons. The van der Waals surface area contributed by atoms with Gasteiger partial charge in [-0.2, -0.15) is 21.6 Å². The van der Waals surface area contributed by atoms with Crippen molar-refractivity contribution in [3.05, 3.63) is 36.4 Å². The van der Waals surface area contributed by atoms with Crippen LogP contribution in [0, 0.1) is 0 Å². The molecule has 2 aromatic heterocycles. The lowest BCUT2D eigenvalue weighted by atomic mass is 10.3. The van der Waals surface area contributed by atoms with Crippen LogP contribution in [0.5, 0.6) is 0 Å². The molecule has 0 unspecified atom stereocenters. The molecule has 1 N–H and O–H groups in total. The second-order valence-corrected chi connectivity index (χ2v) is 5.39. The second-order valence-electron chi connectivity index (χ2n) is 3.97. The minimum atomic E-state index is -5.84. The van der Waals surface area contributed by atoms with Gasteiger partial charge in [0.15, 0.2) is 11.6 Å². The van der Waals surface area contributed by atoms with Crippen LogP contribution >= 0.6 is 0 Å². The van der Waals surface area contributed by atoms with Crippen LogP contribution in [0.3, 0.4) is 0 Å². The van der Waals surface area contributed by atoms with E-state index in [1.807, 2.05) is 0 Å². The number of aromatic nitrogens is 4. The molecule has 0 amide bonds. The minimum absolute atomic E-state index is 0.162. The number of alkyl halides is 3. The first kappa shape index (κ1) is 17.8. The van der Waals surface area contributed by atoms with Crippen molar-refractivity contribution >= 4 is 15.9 Å². The normalized spacial score (nSPS) is 11.7. The molecule has 0 bridgehead atoms. The van der Waals surface area contributed by atoms with Gasteiger partial charge in [0.05, 0.1) is 0 Å². The Hall–Kier alpha value is -2.21. The number of halogens is 3. The van der Waals surface area contributed by atoms with Gasteiger partial charge in [-0.1, -0.05) is 0 Å². The molecule has 0 aliphatic heterocycles. The summed E-state index contributed by atoms with van der Waals surface area (Å²) in [6.45, 7) is 0. The van der Waals surface area contributed by atoms with E-state index in [-0.39, 0.29) is 5.78 Å². The maximum atomic E-state index is 11.8. The van der Waals surface area contributed by atoms with Crippen molar-refractivity contribution in [1.82, 2.24) is 19.1 Å². The quantitative estimate of drug-likeness (QED) is 0.492. The van der Waals surface area contributed by atoms with Gasteiger partial charge in [-0.15, -0.1) is 0 Å². The molecule has 0 spiro atoms. The Morgan fingerprint density at radius 2 is 1.41 bits per heavy atom. The highest BCUT2D eigenvalue weighted by atomic mass is 32.2. The molecular formula is C10H11F3N4O4S. The molecule has 0 saturated carbocycles. The Bertz CT molecular complexity index is 721. The lowest BCUT2D eigenvalue weighted by Crippen LogP contribution is -2.21. The molecule has 0 fully saturated rings. The monoisotopic (exact) mass is 340 g/mol. The van der Waals surface area contributed by atoms with Crippen molar-refractivity contribution in [2.45, 2.75) is 5.51 Å².